The molecular weight excluding hydrogens is 569 g/mol. The predicted molar refractivity (Wildman–Crippen MR) is 167 cm³/mol. The van der Waals surface area contributed by atoms with Crippen molar-refractivity contribution in [2.45, 2.75) is 102 Å². The molecule has 4 atom stereocenters. The predicted octanol–water partition coefficient (Wildman–Crippen LogP) is 6.32. The molecule has 0 saturated carbocycles. The Morgan fingerprint density at radius 3 is 0.744 bits per heavy atom. The van der Waals surface area contributed by atoms with E-state index in [1.165, 1.54) is 0 Å². The summed E-state index contributed by atoms with van der Waals surface area (Å²) in [6.45, 7) is 19.8. The molecule has 9 nitrogen and oxygen atoms in total. The summed E-state index contributed by atoms with van der Waals surface area (Å²) in [6.07, 6.45) is 0. The van der Waals surface area contributed by atoms with Gasteiger partial charge in [-0.15, -0.1) is 0 Å². The van der Waals surface area contributed by atoms with Crippen LogP contribution in [-0.2, 0) is 40.1 Å². The van der Waals surface area contributed by atoms with E-state index < -0.39 is 34.2 Å². The molecule has 0 aromatic rings. The lowest BCUT2D eigenvalue weighted by Crippen LogP contribution is -2.67. The van der Waals surface area contributed by atoms with Crippen molar-refractivity contribution in [1.82, 2.24) is 0 Å². The van der Waals surface area contributed by atoms with Crippen molar-refractivity contribution in [2.24, 2.45) is 0 Å². The van der Waals surface area contributed by atoms with E-state index in [1.54, 1.807) is 42.7 Å². The maximum Gasteiger partial charge on any atom is 0.334 e. The van der Waals surface area contributed by atoms with Crippen LogP contribution >= 0.6 is 0 Å². The fourth-order valence-corrected chi connectivity index (χ4v) is 27.3. The van der Waals surface area contributed by atoms with Gasteiger partial charge in [0.25, 0.3) is 0 Å². The van der Waals surface area contributed by atoms with Gasteiger partial charge in [0.05, 0.1) is 0 Å². The van der Waals surface area contributed by atoms with Crippen LogP contribution < -0.4 is 0 Å². The van der Waals surface area contributed by atoms with Gasteiger partial charge in [0.15, 0.2) is 0 Å². The number of rotatable bonds is 24. The summed E-state index contributed by atoms with van der Waals surface area (Å²) in [5, 5.41) is 0. The van der Waals surface area contributed by atoms with Gasteiger partial charge in [0, 0.05) is 93.3 Å². The molecule has 0 aromatic carbocycles. The zero-order valence-electron chi connectivity index (χ0n) is 27.6. The molecule has 0 spiro atoms. The van der Waals surface area contributed by atoms with Crippen molar-refractivity contribution in [3.05, 3.63) is 0 Å². The second-order valence-electron chi connectivity index (χ2n) is 11.6. The molecule has 0 aliphatic rings. The van der Waals surface area contributed by atoms with Crippen LogP contribution in [0.1, 0.15) is 55.4 Å². The molecule has 0 aromatic heterocycles. The Morgan fingerprint density at radius 1 is 0.359 bits per heavy atom. The summed E-state index contributed by atoms with van der Waals surface area (Å²) in [5.41, 5.74) is 0.664. The molecule has 0 N–H and O–H groups in total. The van der Waals surface area contributed by atoms with E-state index in [9.17, 15) is 0 Å². The molecule has 0 amide bonds. The molecule has 0 fully saturated rings. The lowest BCUT2D eigenvalue weighted by atomic mass is 10.6. The lowest BCUT2D eigenvalue weighted by molar-refractivity contribution is 0.160. The number of methoxy groups -OCH3 is 4. The summed E-state index contributed by atoms with van der Waals surface area (Å²) >= 11 is 0. The Hall–Kier alpha value is 0.508. The quantitative estimate of drug-likeness (QED) is 0.114. The third-order valence-corrected chi connectivity index (χ3v) is 28.2. The summed E-state index contributed by atoms with van der Waals surface area (Å²) in [4.78, 5) is 0. The van der Waals surface area contributed by atoms with E-state index in [0.717, 1.165) is 12.1 Å². The van der Waals surface area contributed by atoms with E-state index in [4.69, 9.17) is 40.1 Å². The van der Waals surface area contributed by atoms with Gasteiger partial charge in [-0.25, -0.2) is 0 Å². The van der Waals surface area contributed by atoms with E-state index in [1.807, 2.05) is 0 Å². The summed E-state index contributed by atoms with van der Waals surface area (Å²) < 4.78 is 57.4. The molecular formula is C26H62O9Si4. The van der Waals surface area contributed by atoms with Crippen LogP contribution in [0.5, 0.6) is 0 Å². The van der Waals surface area contributed by atoms with Crippen molar-refractivity contribution in [3.8, 4) is 0 Å². The van der Waals surface area contributed by atoms with Crippen LogP contribution in [0.3, 0.4) is 0 Å². The number of ether oxygens (including phenoxy) is 4. The fraction of sp³-hybridized carbons (Fsp3) is 1.00. The molecule has 236 valence electrons. The second kappa shape index (κ2) is 18.9. The molecule has 4 unspecified atom stereocenters. The average molecular weight is 631 g/mol. The van der Waals surface area contributed by atoms with Crippen LogP contribution in [0.2, 0.25) is 46.3 Å². The number of hydrogen-bond donors (Lipinski definition) is 0. The molecule has 0 saturated heterocycles. The van der Waals surface area contributed by atoms with Gasteiger partial charge in [-0.2, -0.15) is 0 Å². The lowest BCUT2D eigenvalue weighted by Gasteiger charge is -2.51. The minimum absolute atomic E-state index is 0.129. The largest absolute Gasteiger partial charge is 0.415 e. The molecule has 0 heterocycles. The molecule has 0 bridgehead atoms. The molecule has 0 rings (SSSR count). The fourth-order valence-electron chi connectivity index (χ4n) is 4.82. The van der Waals surface area contributed by atoms with Gasteiger partial charge in [-0.05, 0) is 22.2 Å². The topological polar surface area (TPSA) is 83.1 Å². The normalized spacial score (nSPS) is 18.9. The summed E-state index contributed by atoms with van der Waals surface area (Å²) in [5.74, 6) is 0. The Balaban J connectivity index is 7.16. The van der Waals surface area contributed by atoms with E-state index in [2.05, 4.69) is 55.4 Å². The summed E-state index contributed by atoms with van der Waals surface area (Å²) in [7, 11) is -1.05. The van der Waals surface area contributed by atoms with E-state index >= 15 is 0 Å². The van der Waals surface area contributed by atoms with Crippen molar-refractivity contribution >= 4 is 34.2 Å². The van der Waals surface area contributed by atoms with Gasteiger partial charge in [-0.1, -0.05) is 55.4 Å². The minimum atomic E-state index is -3.02. The zero-order chi connectivity index (χ0) is 30.3. The Bertz CT molecular complexity index is 595. The molecule has 13 heteroatoms. The van der Waals surface area contributed by atoms with Gasteiger partial charge in [0.2, 0.25) is 0 Å². The smallest absolute Gasteiger partial charge is 0.334 e. The van der Waals surface area contributed by atoms with Crippen LogP contribution in [0, 0.1) is 0 Å². The van der Waals surface area contributed by atoms with E-state index in [0.29, 0.717) is 38.5 Å². The van der Waals surface area contributed by atoms with E-state index in [-0.39, 0.29) is 22.2 Å². The Kier molecular flexibility index (Phi) is 19.2. The standard InChI is InChI=1S/C26H62O9Si4/c1-23(2)36(31-13,19-15-27-9)33-38(25(5)6,21-17-29-11)35-39(26(7)8,22-18-30-12)34-37(32-14,24(3)4)20-16-28-10/h23-26H,15-22H2,1-14H3. The first-order chi connectivity index (χ1) is 18.3. The third kappa shape index (κ3) is 10.9. The van der Waals surface area contributed by atoms with Crippen LogP contribution in [0.25, 0.3) is 0 Å². The first-order valence-electron chi connectivity index (χ1n) is 14.4. The molecule has 0 aliphatic heterocycles. The van der Waals surface area contributed by atoms with Gasteiger partial charge in [0.1, 0.15) is 0 Å². The number of hydrogen-bond acceptors (Lipinski definition) is 9. The van der Waals surface area contributed by atoms with Crippen LogP contribution in [0.15, 0.2) is 0 Å². The third-order valence-electron chi connectivity index (χ3n) is 7.86. The molecule has 39 heavy (non-hydrogen) atoms. The van der Waals surface area contributed by atoms with Crippen molar-refractivity contribution < 1.29 is 40.1 Å². The van der Waals surface area contributed by atoms with Crippen LogP contribution in [-0.4, -0.2) is 103 Å². The maximum atomic E-state index is 7.63. The SMILES string of the molecule is COCC[Si](OC)(O[Si](CCOC)(O[Si](CCOC)(O[Si](CCOC)(OC)C(C)C)C(C)C)C(C)C)C(C)C. The van der Waals surface area contributed by atoms with Crippen molar-refractivity contribution in [2.75, 3.05) is 69.1 Å². The van der Waals surface area contributed by atoms with Gasteiger partial charge in [-0.3, -0.25) is 0 Å². The minimum Gasteiger partial charge on any atom is -0.415 e. The molecule has 0 aliphatic carbocycles. The zero-order valence-corrected chi connectivity index (χ0v) is 31.6. The first kappa shape index (κ1) is 39.5. The van der Waals surface area contributed by atoms with Gasteiger partial charge < -0.3 is 40.1 Å². The highest BCUT2D eigenvalue weighted by Crippen LogP contribution is 2.44. The molecule has 0 radical (unpaired) electrons. The first-order valence-corrected chi connectivity index (χ1v) is 22.8. The highest BCUT2D eigenvalue weighted by Gasteiger charge is 2.60. The second-order valence-corrected chi connectivity index (χ2v) is 27.9. The van der Waals surface area contributed by atoms with Gasteiger partial charge >= 0.3 is 34.2 Å². The Labute approximate surface area is 244 Å². The van der Waals surface area contributed by atoms with Crippen molar-refractivity contribution in [3.63, 3.8) is 0 Å². The average Bonchev–Trinajstić information content (AvgIpc) is 2.89. The van der Waals surface area contributed by atoms with Crippen LogP contribution in [0.4, 0.5) is 0 Å². The Morgan fingerprint density at radius 2 is 0.564 bits per heavy atom. The van der Waals surface area contributed by atoms with Crippen molar-refractivity contribution in [1.29, 1.82) is 0 Å². The maximum absolute atomic E-state index is 7.63. The highest BCUT2D eigenvalue weighted by atomic mass is 28.5. The highest BCUT2D eigenvalue weighted by molar-refractivity contribution is 6.91. The monoisotopic (exact) mass is 630 g/mol. The summed E-state index contributed by atoms with van der Waals surface area (Å²) in [6, 6.07) is 2.80.